The topological polar surface area (TPSA) is 122 Å². The smallest absolute Gasteiger partial charge is 0.254 e. The van der Waals surface area contributed by atoms with E-state index in [-0.39, 0.29) is 24.1 Å². The second-order valence-electron chi connectivity index (χ2n) is 7.30. The Morgan fingerprint density at radius 1 is 1.27 bits per heavy atom. The third-order valence-electron chi connectivity index (χ3n) is 5.61. The summed E-state index contributed by atoms with van der Waals surface area (Å²) in [5, 5.41) is 16.2. The number of methoxy groups -OCH3 is 1. The number of nitrogens with one attached hydrogen (secondary N) is 2. The van der Waals surface area contributed by atoms with Crippen molar-refractivity contribution in [3.8, 4) is 0 Å². The number of primary amides is 1. The van der Waals surface area contributed by atoms with Crippen LogP contribution in [0.5, 0.6) is 0 Å². The van der Waals surface area contributed by atoms with Gasteiger partial charge >= 0.3 is 0 Å². The number of rotatable bonds is 7. The number of nitrogens with zero attached hydrogens (tertiary/aromatic N) is 2. The minimum Gasteiger partial charge on any atom is -0.396 e. The summed E-state index contributed by atoms with van der Waals surface area (Å²) in [6, 6.07) is 0.392. The average Bonchev–Trinajstić information content (AvgIpc) is 3.09. The number of aliphatic hydroxyl groups excluding tert-OH is 1. The highest BCUT2D eigenvalue weighted by atomic mass is 16.5. The van der Waals surface area contributed by atoms with Gasteiger partial charge in [0.25, 0.3) is 5.91 Å². The molecule has 1 aromatic rings. The van der Waals surface area contributed by atoms with Gasteiger partial charge in [0.1, 0.15) is 5.82 Å². The molecular weight excluding hydrogens is 334 g/mol. The molecule has 0 radical (unpaired) electrons. The standard InChI is InChI=1S/C18H29N5O3/c1-26-13-7-5-12(6-8-13)21-18-20-9-14(16(19)25)17(23-18)22-15-4-2-3-11(15)10-24/h9,11-13,15,24H,2-8,10H2,1H3,(H2,19,25)(H2,20,21,22,23). The first-order valence-corrected chi connectivity index (χ1v) is 9.44. The second-order valence-corrected chi connectivity index (χ2v) is 7.30. The maximum Gasteiger partial charge on any atom is 0.254 e. The van der Waals surface area contributed by atoms with Gasteiger partial charge in [0.05, 0.1) is 11.7 Å². The number of aliphatic hydroxyl groups is 1. The normalized spacial score (nSPS) is 28.7. The van der Waals surface area contributed by atoms with Crippen LogP contribution in [0, 0.1) is 5.92 Å². The third-order valence-corrected chi connectivity index (χ3v) is 5.61. The number of amides is 1. The van der Waals surface area contributed by atoms with Crippen molar-refractivity contribution in [1.29, 1.82) is 0 Å². The van der Waals surface area contributed by atoms with E-state index in [0.29, 0.717) is 23.9 Å². The summed E-state index contributed by atoms with van der Waals surface area (Å²) in [4.78, 5) is 20.5. The Hall–Kier alpha value is -1.93. The van der Waals surface area contributed by atoms with Gasteiger partial charge in [0.15, 0.2) is 0 Å². The highest BCUT2D eigenvalue weighted by Crippen LogP contribution is 2.29. The highest BCUT2D eigenvalue weighted by molar-refractivity contribution is 5.97. The van der Waals surface area contributed by atoms with Crippen LogP contribution in [-0.2, 0) is 4.74 Å². The molecule has 2 saturated carbocycles. The van der Waals surface area contributed by atoms with E-state index in [0.717, 1.165) is 44.9 Å². The van der Waals surface area contributed by atoms with E-state index in [1.54, 1.807) is 7.11 Å². The molecule has 2 atom stereocenters. The number of hydrogen-bond acceptors (Lipinski definition) is 7. The molecule has 5 N–H and O–H groups in total. The fourth-order valence-corrected chi connectivity index (χ4v) is 3.99. The Kier molecular flexibility index (Phi) is 6.26. The van der Waals surface area contributed by atoms with Gasteiger partial charge in [-0.1, -0.05) is 6.42 Å². The van der Waals surface area contributed by atoms with E-state index in [1.165, 1.54) is 6.20 Å². The lowest BCUT2D eigenvalue weighted by atomic mass is 9.93. The molecule has 8 heteroatoms. The molecule has 0 bridgehead atoms. The average molecular weight is 363 g/mol. The molecule has 8 nitrogen and oxygen atoms in total. The fourth-order valence-electron chi connectivity index (χ4n) is 3.99. The molecular formula is C18H29N5O3. The maximum absolute atomic E-state index is 11.7. The van der Waals surface area contributed by atoms with Crippen molar-refractivity contribution >= 4 is 17.7 Å². The van der Waals surface area contributed by atoms with Crippen LogP contribution in [0.15, 0.2) is 6.20 Å². The number of aromatic nitrogens is 2. The number of carbonyl (C=O) groups is 1. The van der Waals surface area contributed by atoms with Crippen molar-refractivity contribution < 1.29 is 14.6 Å². The number of anilines is 2. The molecule has 0 saturated heterocycles. The van der Waals surface area contributed by atoms with Gasteiger partial charge in [-0.05, 0) is 38.5 Å². The summed E-state index contributed by atoms with van der Waals surface area (Å²) >= 11 is 0. The van der Waals surface area contributed by atoms with E-state index in [4.69, 9.17) is 10.5 Å². The van der Waals surface area contributed by atoms with Crippen LogP contribution in [0.2, 0.25) is 0 Å². The molecule has 1 aromatic heterocycles. The zero-order valence-corrected chi connectivity index (χ0v) is 15.3. The summed E-state index contributed by atoms with van der Waals surface area (Å²) in [6.45, 7) is 0.127. The second kappa shape index (κ2) is 8.64. The predicted octanol–water partition coefficient (Wildman–Crippen LogP) is 1.52. The minimum absolute atomic E-state index is 0.0954. The Labute approximate surface area is 153 Å². The minimum atomic E-state index is -0.557. The monoisotopic (exact) mass is 363 g/mol. The van der Waals surface area contributed by atoms with Gasteiger partial charge in [0.2, 0.25) is 5.95 Å². The van der Waals surface area contributed by atoms with Gasteiger partial charge in [0, 0.05) is 37.9 Å². The molecule has 2 aliphatic rings. The summed E-state index contributed by atoms with van der Waals surface area (Å²) in [6.07, 6.45) is 8.79. The predicted molar refractivity (Wildman–Crippen MR) is 99.1 cm³/mol. The highest BCUT2D eigenvalue weighted by Gasteiger charge is 2.28. The lowest BCUT2D eigenvalue weighted by Gasteiger charge is -2.28. The van der Waals surface area contributed by atoms with E-state index in [2.05, 4.69) is 20.6 Å². The van der Waals surface area contributed by atoms with E-state index in [9.17, 15) is 9.90 Å². The van der Waals surface area contributed by atoms with Gasteiger partial charge in [-0.25, -0.2) is 4.98 Å². The molecule has 1 heterocycles. The number of ether oxygens (including phenoxy) is 1. The van der Waals surface area contributed by atoms with Crippen LogP contribution in [0.4, 0.5) is 11.8 Å². The summed E-state index contributed by atoms with van der Waals surface area (Å²) in [7, 11) is 1.75. The van der Waals surface area contributed by atoms with Crippen LogP contribution in [0.1, 0.15) is 55.3 Å². The van der Waals surface area contributed by atoms with E-state index in [1.807, 2.05) is 0 Å². The lowest BCUT2D eigenvalue weighted by molar-refractivity contribution is 0.0681. The Balaban J connectivity index is 1.71. The van der Waals surface area contributed by atoms with Crippen molar-refractivity contribution in [3.63, 3.8) is 0 Å². The van der Waals surface area contributed by atoms with Crippen LogP contribution in [0.25, 0.3) is 0 Å². The van der Waals surface area contributed by atoms with Gasteiger partial charge in [-0.3, -0.25) is 4.79 Å². The van der Waals surface area contributed by atoms with Crippen molar-refractivity contribution in [1.82, 2.24) is 9.97 Å². The Morgan fingerprint density at radius 3 is 2.69 bits per heavy atom. The molecule has 0 aliphatic heterocycles. The third kappa shape index (κ3) is 4.42. The molecule has 0 spiro atoms. The first-order chi connectivity index (χ1) is 12.6. The molecule has 2 aliphatic carbocycles. The molecule has 2 unspecified atom stereocenters. The Bertz CT molecular complexity index is 619. The van der Waals surface area contributed by atoms with Crippen molar-refractivity contribution in [2.45, 2.75) is 63.1 Å². The SMILES string of the molecule is COC1CCC(Nc2ncc(C(N)=O)c(NC3CCCC3CO)n2)CC1. The molecule has 3 rings (SSSR count). The maximum atomic E-state index is 11.7. The molecule has 0 aromatic carbocycles. The van der Waals surface area contributed by atoms with Crippen LogP contribution in [0.3, 0.4) is 0 Å². The van der Waals surface area contributed by atoms with Crippen LogP contribution in [-0.4, -0.2) is 52.9 Å². The van der Waals surface area contributed by atoms with Crippen molar-refractivity contribution in [2.75, 3.05) is 24.4 Å². The fraction of sp³-hybridized carbons (Fsp3) is 0.722. The first kappa shape index (κ1) is 18.8. The molecule has 1 amide bonds. The van der Waals surface area contributed by atoms with E-state index >= 15 is 0 Å². The van der Waals surface area contributed by atoms with Crippen LogP contribution >= 0.6 is 0 Å². The summed E-state index contributed by atoms with van der Waals surface area (Å²) in [5.74, 6) is 0.562. The zero-order valence-electron chi connectivity index (χ0n) is 15.3. The number of carbonyl (C=O) groups excluding carboxylic acids is 1. The van der Waals surface area contributed by atoms with Gasteiger partial charge in [-0.15, -0.1) is 0 Å². The van der Waals surface area contributed by atoms with Gasteiger partial charge < -0.3 is 26.2 Å². The first-order valence-electron chi connectivity index (χ1n) is 9.44. The summed E-state index contributed by atoms with van der Waals surface area (Å²) < 4.78 is 5.41. The molecule has 26 heavy (non-hydrogen) atoms. The lowest BCUT2D eigenvalue weighted by Crippen LogP contribution is -2.31. The zero-order chi connectivity index (χ0) is 18.5. The number of nitrogens with two attached hydrogens (primary N) is 1. The summed E-state index contributed by atoms with van der Waals surface area (Å²) in [5.41, 5.74) is 5.76. The quantitative estimate of drug-likeness (QED) is 0.579. The van der Waals surface area contributed by atoms with E-state index < -0.39 is 5.91 Å². The van der Waals surface area contributed by atoms with Gasteiger partial charge in [-0.2, -0.15) is 4.98 Å². The largest absolute Gasteiger partial charge is 0.396 e. The van der Waals surface area contributed by atoms with Crippen LogP contribution < -0.4 is 16.4 Å². The molecule has 144 valence electrons. The van der Waals surface area contributed by atoms with Crippen molar-refractivity contribution in [2.24, 2.45) is 11.7 Å². The number of hydrogen-bond donors (Lipinski definition) is 4. The Morgan fingerprint density at radius 2 is 2.04 bits per heavy atom. The van der Waals surface area contributed by atoms with Crippen molar-refractivity contribution in [3.05, 3.63) is 11.8 Å². The molecule has 2 fully saturated rings.